The third-order valence-electron chi connectivity index (χ3n) is 3.83. The Hall–Kier alpha value is -2.14. The van der Waals surface area contributed by atoms with E-state index >= 15 is 0 Å². The van der Waals surface area contributed by atoms with E-state index in [-0.39, 0.29) is 5.54 Å². The highest BCUT2D eigenvalue weighted by Gasteiger charge is 2.21. The van der Waals surface area contributed by atoms with Gasteiger partial charge in [-0.05, 0) is 33.0 Å². The summed E-state index contributed by atoms with van der Waals surface area (Å²) in [6.07, 6.45) is 3.70. The summed E-state index contributed by atoms with van der Waals surface area (Å²) in [4.78, 5) is 12.3. The van der Waals surface area contributed by atoms with E-state index in [0.29, 0.717) is 0 Å². The van der Waals surface area contributed by atoms with Gasteiger partial charge in [-0.1, -0.05) is 6.07 Å². The van der Waals surface area contributed by atoms with E-state index in [0.717, 1.165) is 28.1 Å². The lowest BCUT2D eigenvalue weighted by Crippen LogP contribution is -2.34. The molecule has 0 bridgehead atoms. The van der Waals surface area contributed by atoms with E-state index in [4.69, 9.17) is 0 Å². The second-order valence-electron chi connectivity index (χ2n) is 5.58. The molecule has 5 heteroatoms. The zero-order valence-corrected chi connectivity index (χ0v) is 12.2. The number of aryl methyl sites for hydroxylation is 1. The summed E-state index contributed by atoms with van der Waals surface area (Å²) < 4.78 is 2.02. The summed E-state index contributed by atoms with van der Waals surface area (Å²) in [5, 5.41) is 3.25. The van der Waals surface area contributed by atoms with E-state index in [9.17, 15) is 0 Å². The molecule has 3 aromatic rings. The molecule has 0 aliphatic carbocycles. The average molecular weight is 269 g/mol. The van der Waals surface area contributed by atoms with Crippen LogP contribution >= 0.6 is 0 Å². The van der Waals surface area contributed by atoms with Crippen LogP contribution in [0.3, 0.4) is 0 Å². The molecule has 1 aromatic carbocycles. The monoisotopic (exact) mass is 269 g/mol. The summed E-state index contributed by atoms with van der Waals surface area (Å²) in [6.45, 7) is 4.19. The van der Waals surface area contributed by atoms with Crippen molar-refractivity contribution in [2.24, 2.45) is 7.05 Å². The lowest BCUT2D eigenvalue weighted by Gasteiger charge is -2.20. The maximum absolute atomic E-state index is 4.48. The topological polar surface area (TPSA) is 58.5 Å². The SMILES string of the molecule is CNC(C)(C)c1ncc(-c2ccc3c(c2)ncn3C)[nH]1. The van der Waals surface area contributed by atoms with Crippen LogP contribution < -0.4 is 5.32 Å². The fourth-order valence-corrected chi connectivity index (χ4v) is 2.21. The molecule has 0 aliphatic rings. The summed E-state index contributed by atoms with van der Waals surface area (Å²) in [5.74, 6) is 0.927. The average Bonchev–Trinajstić information content (AvgIpc) is 3.06. The van der Waals surface area contributed by atoms with Crippen LogP contribution in [0.4, 0.5) is 0 Å². The Kier molecular flexibility index (Phi) is 2.87. The van der Waals surface area contributed by atoms with Crippen LogP contribution in [0.1, 0.15) is 19.7 Å². The predicted molar refractivity (Wildman–Crippen MR) is 80.4 cm³/mol. The molecule has 0 unspecified atom stereocenters. The number of fused-ring (bicyclic) bond motifs is 1. The molecule has 0 saturated carbocycles. The van der Waals surface area contributed by atoms with E-state index in [2.05, 4.69) is 52.3 Å². The Morgan fingerprint density at radius 3 is 2.80 bits per heavy atom. The molecule has 5 nitrogen and oxygen atoms in total. The second-order valence-corrected chi connectivity index (χ2v) is 5.58. The van der Waals surface area contributed by atoms with Crippen molar-refractivity contribution in [3.8, 4) is 11.3 Å². The summed E-state index contributed by atoms with van der Waals surface area (Å²) >= 11 is 0. The van der Waals surface area contributed by atoms with Crippen molar-refractivity contribution in [3.63, 3.8) is 0 Å². The standard InChI is InChI=1S/C15H19N5/c1-15(2,16-3)14-17-8-12(19-14)10-5-6-13-11(7-10)18-9-20(13)4/h5-9,16H,1-4H3,(H,17,19). The first-order valence-electron chi connectivity index (χ1n) is 6.67. The highest BCUT2D eigenvalue weighted by Crippen LogP contribution is 2.24. The number of hydrogen-bond acceptors (Lipinski definition) is 3. The van der Waals surface area contributed by atoms with E-state index in [1.807, 2.05) is 31.2 Å². The van der Waals surface area contributed by atoms with Crippen molar-refractivity contribution in [1.29, 1.82) is 0 Å². The number of benzene rings is 1. The van der Waals surface area contributed by atoms with Gasteiger partial charge in [-0.3, -0.25) is 0 Å². The fourth-order valence-electron chi connectivity index (χ4n) is 2.21. The first kappa shape index (κ1) is 12.9. The van der Waals surface area contributed by atoms with Crippen molar-refractivity contribution < 1.29 is 0 Å². The number of imidazole rings is 2. The fraction of sp³-hybridized carbons (Fsp3) is 0.333. The van der Waals surface area contributed by atoms with Crippen molar-refractivity contribution in [3.05, 3.63) is 36.5 Å². The Labute approximate surface area is 118 Å². The molecule has 0 fully saturated rings. The Bertz CT molecular complexity index is 751. The Morgan fingerprint density at radius 1 is 1.25 bits per heavy atom. The maximum atomic E-state index is 4.48. The first-order chi connectivity index (χ1) is 9.51. The number of H-pyrrole nitrogens is 1. The zero-order chi connectivity index (χ0) is 14.3. The van der Waals surface area contributed by atoms with E-state index in [1.54, 1.807) is 0 Å². The minimum atomic E-state index is -0.173. The smallest absolute Gasteiger partial charge is 0.126 e. The van der Waals surface area contributed by atoms with Crippen LogP contribution in [0.25, 0.3) is 22.3 Å². The van der Waals surface area contributed by atoms with Crippen LogP contribution in [-0.4, -0.2) is 26.6 Å². The molecule has 104 valence electrons. The number of nitrogens with one attached hydrogen (secondary N) is 2. The van der Waals surface area contributed by atoms with Crippen molar-refractivity contribution in [2.45, 2.75) is 19.4 Å². The van der Waals surface area contributed by atoms with Crippen molar-refractivity contribution in [2.75, 3.05) is 7.05 Å². The van der Waals surface area contributed by atoms with Gasteiger partial charge in [0.25, 0.3) is 0 Å². The van der Waals surface area contributed by atoms with Crippen molar-refractivity contribution >= 4 is 11.0 Å². The van der Waals surface area contributed by atoms with Gasteiger partial charge in [0.05, 0.1) is 34.8 Å². The minimum Gasteiger partial charge on any atom is -0.340 e. The summed E-state index contributed by atoms with van der Waals surface area (Å²) in [7, 11) is 3.93. The Morgan fingerprint density at radius 2 is 2.05 bits per heavy atom. The molecule has 0 radical (unpaired) electrons. The second kappa shape index (κ2) is 4.45. The minimum absolute atomic E-state index is 0.173. The lowest BCUT2D eigenvalue weighted by molar-refractivity contribution is 0.421. The summed E-state index contributed by atoms with van der Waals surface area (Å²) in [6, 6.07) is 6.26. The molecule has 2 aromatic heterocycles. The number of aromatic amines is 1. The maximum Gasteiger partial charge on any atom is 0.126 e. The molecule has 0 spiro atoms. The molecule has 2 N–H and O–H groups in total. The number of rotatable bonds is 3. The predicted octanol–water partition coefficient (Wildman–Crippen LogP) is 2.42. The highest BCUT2D eigenvalue weighted by atomic mass is 15.0. The van der Waals surface area contributed by atoms with Crippen LogP contribution in [0.5, 0.6) is 0 Å². The summed E-state index contributed by atoms with van der Waals surface area (Å²) in [5.41, 5.74) is 4.06. The van der Waals surface area contributed by atoms with Gasteiger partial charge in [0.1, 0.15) is 5.82 Å². The molecule has 0 atom stereocenters. The molecular formula is C15H19N5. The van der Waals surface area contributed by atoms with Crippen molar-refractivity contribution in [1.82, 2.24) is 24.8 Å². The molecule has 0 amide bonds. The van der Waals surface area contributed by atoms with Crippen LogP contribution in [0, 0.1) is 0 Å². The van der Waals surface area contributed by atoms with Crippen LogP contribution in [0.15, 0.2) is 30.7 Å². The first-order valence-corrected chi connectivity index (χ1v) is 6.67. The number of aromatic nitrogens is 4. The molecule has 20 heavy (non-hydrogen) atoms. The van der Waals surface area contributed by atoms with Gasteiger partial charge in [-0.15, -0.1) is 0 Å². The molecular weight excluding hydrogens is 250 g/mol. The zero-order valence-electron chi connectivity index (χ0n) is 12.2. The molecule has 0 saturated heterocycles. The van der Waals surface area contributed by atoms with Gasteiger partial charge in [-0.2, -0.15) is 0 Å². The normalized spacial score (nSPS) is 12.2. The van der Waals surface area contributed by atoms with Crippen LogP contribution in [-0.2, 0) is 12.6 Å². The van der Waals surface area contributed by atoms with Gasteiger partial charge in [-0.25, -0.2) is 9.97 Å². The van der Waals surface area contributed by atoms with Gasteiger partial charge < -0.3 is 14.9 Å². The Balaban J connectivity index is 2.03. The largest absolute Gasteiger partial charge is 0.340 e. The number of nitrogens with zero attached hydrogens (tertiary/aromatic N) is 3. The van der Waals surface area contributed by atoms with Gasteiger partial charge >= 0.3 is 0 Å². The molecule has 0 aliphatic heterocycles. The molecule has 3 rings (SSSR count). The highest BCUT2D eigenvalue weighted by molar-refractivity contribution is 5.81. The van der Waals surface area contributed by atoms with Gasteiger partial charge in [0.2, 0.25) is 0 Å². The van der Waals surface area contributed by atoms with Crippen LogP contribution in [0.2, 0.25) is 0 Å². The van der Waals surface area contributed by atoms with E-state index in [1.165, 1.54) is 0 Å². The third-order valence-corrected chi connectivity index (χ3v) is 3.83. The van der Waals surface area contributed by atoms with E-state index < -0.39 is 0 Å². The van der Waals surface area contributed by atoms with Gasteiger partial charge in [0.15, 0.2) is 0 Å². The third kappa shape index (κ3) is 2.00. The number of hydrogen-bond donors (Lipinski definition) is 2. The molecule has 2 heterocycles. The van der Waals surface area contributed by atoms with Gasteiger partial charge in [0, 0.05) is 12.6 Å². The quantitative estimate of drug-likeness (QED) is 0.767. The lowest BCUT2D eigenvalue weighted by atomic mass is 10.1.